The molecule has 0 aliphatic carbocycles. The fourth-order valence-corrected chi connectivity index (χ4v) is 3.87. The Morgan fingerprint density at radius 1 is 0.621 bits per heavy atom. The van der Waals surface area contributed by atoms with Crippen molar-refractivity contribution in [3.8, 4) is 0 Å². The van der Waals surface area contributed by atoms with Gasteiger partial charge in [0.2, 0.25) is 5.91 Å². The number of carbonyl (C=O) groups is 1. The molecule has 4 heteroatoms. The normalized spacial score (nSPS) is 11.1. The second kappa shape index (κ2) is 25.4. The van der Waals surface area contributed by atoms with Crippen LogP contribution in [0.1, 0.15) is 142 Å². The van der Waals surface area contributed by atoms with Gasteiger partial charge in [0, 0.05) is 19.4 Å². The van der Waals surface area contributed by atoms with Crippen molar-refractivity contribution in [2.75, 3.05) is 13.1 Å². The number of nitrogens with two attached hydrogens (primary N) is 1. The van der Waals surface area contributed by atoms with Crippen LogP contribution in [0.5, 0.6) is 0 Å². The van der Waals surface area contributed by atoms with Crippen molar-refractivity contribution in [1.29, 1.82) is 0 Å². The number of carbonyl (C=O) groups excluding carboxylic acids is 1. The van der Waals surface area contributed by atoms with E-state index in [0.29, 0.717) is 19.5 Å². The predicted molar refractivity (Wildman–Crippen MR) is 126 cm³/mol. The molecule has 174 valence electrons. The summed E-state index contributed by atoms with van der Waals surface area (Å²) in [4.78, 5) is 11.6. The molecule has 0 unspecified atom stereocenters. The molecule has 0 radical (unpaired) electrons. The Labute approximate surface area is 182 Å². The third kappa shape index (κ3) is 25.4. The van der Waals surface area contributed by atoms with Crippen molar-refractivity contribution in [1.82, 2.24) is 5.32 Å². The lowest BCUT2D eigenvalue weighted by molar-refractivity contribution is -0.588. The summed E-state index contributed by atoms with van der Waals surface area (Å²) in [6, 6.07) is 0. The summed E-state index contributed by atoms with van der Waals surface area (Å²) < 4.78 is 0. The van der Waals surface area contributed by atoms with E-state index in [1.165, 1.54) is 116 Å². The SMILES string of the molecule is CCCCCCCCCCCCCCCCCCCCCC(=O)NCCC[NH2+][O-]. The summed E-state index contributed by atoms with van der Waals surface area (Å²) in [5.74, 6) is 0.142. The van der Waals surface area contributed by atoms with Crippen molar-refractivity contribution in [3.63, 3.8) is 0 Å². The van der Waals surface area contributed by atoms with E-state index in [1.807, 2.05) is 0 Å². The monoisotopic (exact) mass is 412 g/mol. The second-order valence-corrected chi connectivity index (χ2v) is 8.77. The molecule has 29 heavy (non-hydrogen) atoms. The van der Waals surface area contributed by atoms with Gasteiger partial charge in [-0.05, 0) is 6.42 Å². The van der Waals surface area contributed by atoms with Gasteiger partial charge in [0.25, 0.3) is 0 Å². The van der Waals surface area contributed by atoms with Crippen molar-refractivity contribution < 1.29 is 10.3 Å². The molecule has 0 fully saturated rings. The highest BCUT2D eigenvalue weighted by Gasteiger charge is 2.00. The molecule has 0 saturated carbocycles. The number of hydrogen-bond donors (Lipinski definition) is 2. The van der Waals surface area contributed by atoms with Crippen molar-refractivity contribution in [2.24, 2.45) is 0 Å². The fraction of sp³-hybridized carbons (Fsp3) is 0.960. The number of quaternary nitrogens is 1. The molecule has 1 amide bonds. The zero-order valence-corrected chi connectivity index (χ0v) is 19.7. The Morgan fingerprint density at radius 2 is 1.00 bits per heavy atom. The van der Waals surface area contributed by atoms with Crippen LogP contribution in [-0.4, -0.2) is 19.0 Å². The Balaban J connectivity index is 3.07. The molecular formula is C25H52N2O2. The molecule has 0 aromatic heterocycles. The van der Waals surface area contributed by atoms with Gasteiger partial charge in [-0.2, -0.15) is 0 Å². The minimum absolute atomic E-state index is 0.142. The largest absolute Gasteiger partial charge is 0.636 e. The predicted octanol–water partition coefficient (Wildman–Crippen LogP) is 6.38. The van der Waals surface area contributed by atoms with Gasteiger partial charge in [-0.1, -0.05) is 122 Å². The van der Waals surface area contributed by atoms with E-state index in [1.54, 1.807) is 0 Å². The van der Waals surface area contributed by atoms with Crippen molar-refractivity contribution in [2.45, 2.75) is 142 Å². The zero-order valence-electron chi connectivity index (χ0n) is 19.7. The van der Waals surface area contributed by atoms with Crippen LogP contribution in [0, 0.1) is 5.21 Å². The van der Waals surface area contributed by atoms with E-state index in [4.69, 9.17) is 0 Å². The van der Waals surface area contributed by atoms with Crippen LogP contribution in [0.15, 0.2) is 0 Å². The van der Waals surface area contributed by atoms with Gasteiger partial charge in [-0.3, -0.25) is 4.79 Å². The van der Waals surface area contributed by atoms with E-state index in [-0.39, 0.29) is 5.91 Å². The standard InChI is InChI=1S/C25H52N2O2/c1-2-3-4-5-6-7-8-9-10-11-12-13-14-15-16-17-18-19-20-22-25(28)26-23-21-24-27-29/h2-24,27H2,1H3,(H,26,28). The Bertz CT molecular complexity index is 324. The molecule has 0 rings (SSSR count). The van der Waals surface area contributed by atoms with E-state index in [2.05, 4.69) is 12.2 Å². The fourth-order valence-electron chi connectivity index (χ4n) is 3.87. The Morgan fingerprint density at radius 3 is 1.38 bits per heavy atom. The van der Waals surface area contributed by atoms with E-state index in [9.17, 15) is 10.0 Å². The van der Waals surface area contributed by atoms with Gasteiger partial charge >= 0.3 is 0 Å². The van der Waals surface area contributed by atoms with Gasteiger partial charge in [-0.15, -0.1) is 0 Å². The van der Waals surface area contributed by atoms with Crippen molar-refractivity contribution >= 4 is 5.91 Å². The van der Waals surface area contributed by atoms with E-state index < -0.39 is 0 Å². The molecule has 0 spiro atoms. The van der Waals surface area contributed by atoms with Gasteiger partial charge in [-0.25, -0.2) is 0 Å². The van der Waals surface area contributed by atoms with Crippen LogP contribution in [0.4, 0.5) is 0 Å². The summed E-state index contributed by atoms with van der Waals surface area (Å²) in [7, 11) is 0. The van der Waals surface area contributed by atoms with Gasteiger partial charge in [0.15, 0.2) is 0 Å². The third-order valence-electron chi connectivity index (χ3n) is 5.83. The molecule has 4 nitrogen and oxygen atoms in total. The quantitative estimate of drug-likeness (QED) is 0.143. The van der Waals surface area contributed by atoms with Crippen LogP contribution in [0.3, 0.4) is 0 Å². The summed E-state index contributed by atoms with van der Waals surface area (Å²) >= 11 is 0. The molecule has 0 saturated heterocycles. The van der Waals surface area contributed by atoms with Crippen LogP contribution in [0.25, 0.3) is 0 Å². The maximum Gasteiger partial charge on any atom is 0.219 e. The van der Waals surface area contributed by atoms with Crippen LogP contribution in [-0.2, 0) is 4.79 Å². The first-order chi connectivity index (χ1) is 14.3. The van der Waals surface area contributed by atoms with Crippen molar-refractivity contribution in [3.05, 3.63) is 5.21 Å². The molecule has 0 atom stereocenters. The highest BCUT2D eigenvalue weighted by atomic mass is 16.5. The number of amides is 1. The van der Waals surface area contributed by atoms with E-state index >= 15 is 0 Å². The lowest BCUT2D eigenvalue weighted by Crippen LogP contribution is -2.77. The summed E-state index contributed by atoms with van der Waals surface area (Å²) in [5.41, 5.74) is 0.907. The van der Waals surface area contributed by atoms with Gasteiger partial charge < -0.3 is 16.0 Å². The molecule has 0 aliphatic rings. The lowest BCUT2D eigenvalue weighted by atomic mass is 10.0. The molecular weight excluding hydrogens is 360 g/mol. The average molecular weight is 413 g/mol. The number of rotatable bonds is 24. The Kier molecular flexibility index (Phi) is 24.9. The minimum Gasteiger partial charge on any atom is -0.636 e. The zero-order chi connectivity index (χ0) is 21.3. The number of nitrogens with one attached hydrogen (secondary N) is 1. The molecule has 0 aromatic carbocycles. The smallest absolute Gasteiger partial charge is 0.219 e. The maximum atomic E-state index is 11.6. The number of hydroxylamine groups is 1. The van der Waals surface area contributed by atoms with Crippen LogP contribution in [0.2, 0.25) is 0 Å². The average Bonchev–Trinajstić information content (AvgIpc) is 2.73. The van der Waals surface area contributed by atoms with Gasteiger partial charge in [0.1, 0.15) is 0 Å². The summed E-state index contributed by atoms with van der Waals surface area (Å²) in [6.45, 7) is 3.46. The summed E-state index contributed by atoms with van der Waals surface area (Å²) in [6.07, 6.45) is 27.5. The molecule has 0 heterocycles. The first kappa shape index (κ1) is 28.4. The lowest BCUT2D eigenvalue weighted by Gasteiger charge is -2.06. The van der Waals surface area contributed by atoms with Crippen LogP contribution >= 0.6 is 0 Å². The second-order valence-electron chi connectivity index (χ2n) is 8.77. The molecule has 0 aromatic rings. The molecule has 0 bridgehead atoms. The molecule has 3 N–H and O–H groups in total. The third-order valence-corrected chi connectivity index (χ3v) is 5.83. The highest BCUT2D eigenvalue weighted by Crippen LogP contribution is 2.14. The topological polar surface area (TPSA) is 68.8 Å². The van der Waals surface area contributed by atoms with Crippen LogP contribution < -0.4 is 10.8 Å². The molecule has 0 aliphatic heterocycles. The maximum absolute atomic E-state index is 11.6. The first-order valence-corrected chi connectivity index (χ1v) is 13.0. The van der Waals surface area contributed by atoms with E-state index in [0.717, 1.165) is 18.3 Å². The summed E-state index contributed by atoms with van der Waals surface area (Å²) in [5, 5.41) is 13.1. The Hall–Kier alpha value is -0.610. The highest BCUT2D eigenvalue weighted by molar-refractivity contribution is 5.75. The number of hydrogen-bond acceptors (Lipinski definition) is 2. The number of unbranched alkanes of at least 4 members (excludes halogenated alkanes) is 18. The minimum atomic E-state index is 0.142. The first-order valence-electron chi connectivity index (χ1n) is 13.0. The van der Waals surface area contributed by atoms with Gasteiger partial charge in [0.05, 0.1) is 6.54 Å².